The fourth-order valence-electron chi connectivity index (χ4n) is 2.46. The lowest BCUT2D eigenvalue weighted by molar-refractivity contribution is -0.367. The molecule has 1 amide bonds. The molecule has 152 valence electrons. The molecule has 0 aliphatic heterocycles. The molecule has 0 saturated heterocycles. The fourth-order valence-corrected chi connectivity index (χ4v) is 2.46. The van der Waals surface area contributed by atoms with Gasteiger partial charge >= 0.3 is 6.18 Å². The molecule has 0 atom stereocenters. The van der Waals surface area contributed by atoms with E-state index in [2.05, 4.69) is 10.3 Å². The number of amides is 1. The summed E-state index contributed by atoms with van der Waals surface area (Å²) in [6, 6.07) is 7.30. The van der Waals surface area contributed by atoms with E-state index < -0.39 is 11.7 Å². The highest BCUT2D eigenvalue weighted by Gasteiger charge is 2.32. The maximum Gasteiger partial charge on any atom is 0.419 e. The predicted molar refractivity (Wildman–Crippen MR) is 98.7 cm³/mol. The van der Waals surface area contributed by atoms with Crippen LogP contribution in [0.2, 0.25) is 0 Å². The molecular formula is C19H23F3N3O3+. The number of rotatable bonds is 8. The van der Waals surface area contributed by atoms with Gasteiger partial charge in [-0.05, 0) is 32.0 Å². The van der Waals surface area contributed by atoms with E-state index in [1.165, 1.54) is 11.0 Å². The van der Waals surface area contributed by atoms with Gasteiger partial charge in [0, 0.05) is 17.8 Å². The summed E-state index contributed by atoms with van der Waals surface area (Å²) in [7, 11) is 1.60. The normalized spacial score (nSPS) is 11.1. The number of aromatic amines is 1. The fraction of sp³-hybridized carbons (Fsp3) is 0.368. The second-order valence-electron chi connectivity index (χ2n) is 5.89. The van der Waals surface area contributed by atoms with Crippen LogP contribution in [0.5, 0.6) is 11.5 Å². The van der Waals surface area contributed by atoms with Crippen molar-refractivity contribution >= 4 is 17.4 Å². The minimum atomic E-state index is -4.42. The Balaban J connectivity index is 2.02. The van der Waals surface area contributed by atoms with E-state index in [1.54, 1.807) is 25.2 Å². The van der Waals surface area contributed by atoms with Crippen LogP contribution in [-0.2, 0) is 11.0 Å². The summed E-state index contributed by atoms with van der Waals surface area (Å²) >= 11 is 0. The van der Waals surface area contributed by atoms with Crippen molar-refractivity contribution in [1.82, 2.24) is 0 Å². The first-order valence-electron chi connectivity index (χ1n) is 8.74. The number of nitrogens with one attached hydrogen (secondary N) is 2. The van der Waals surface area contributed by atoms with Crippen LogP contribution in [0.3, 0.4) is 0 Å². The van der Waals surface area contributed by atoms with Crippen molar-refractivity contribution in [1.29, 1.82) is 0 Å². The van der Waals surface area contributed by atoms with E-state index in [1.807, 2.05) is 13.8 Å². The first-order chi connectivity index (χ1) is 13.2. The molecular weight excluding hydrogens is 375 g/mol. The molecule has 0 bridgehead atoms. The lowest BCUT2D eigenvalue weighted by atomic mass is 10.2. The first-order valence-corrected chi connectivity index (χ1v) is 8.74. The predicted octanol–water partition coefficient (Wildman–Crippen LogP) is 3.39. The maximum atomic E-state index is 12.6. The van der Waals surface area contributed by atoms with Crippen molar-refractivity contribution in [3.05, 3.63) is 42.1 Å². The summed E-state index contributed by atoms with van der Waals surface area (Å²) in [5, 5.41) is 2.74. The Kier molecular flexibility index (Phi) is 7.08. The Hall–Kier alpha value is -2.97. The van der Waals surface area contributed by atoms with E-state index >= 15 is 0 Å². The number of aromatic nitrogens is 1. The minimum absolute atomic E-state index is 0.0565. The first kappa shape index (κ1) is 21.3. The molecule has 1 aromatic heterocycles. The van der Waals surface area contributed by atoms with Gasteiger partial charge in [-0.3, -0.25) is 9.69 Å². The zero-order chi connectivity index (χ0) is 20.7. The molecule has 0 spiro atoms. The third-order valence-electron chi connectivity index (χ3n) is 3.74. The van der Waals surface area contributed by atoms with Gasteiger partial charge in [0.15, 0.2) is 18.0 Å². The molecule has 2 rings (SSSR count). The Bertz CT molecular complexity index is 795. The number of carbonyl (C=O) groups excluding carboxylic acids is 1. The van der Waals surface area contributed by atoms with E-state index in [0.717, 1.165) is 12.3 Å². The molecule has 0 unspecified atom stereocenters. The van der Waals surface area contributed by atoms with Crippen LogP contribution in [0.25, 0.3) is 0 Å². The molecule has 1 aromatic carbocycles. The Morgan fingerprint density at radius 2 is 1.79 bits per heavy atom. The molecule has 0 radical (unpaired) electrons. The van der Waals surface area contributed by atoms with Gasteiger partial charge in [-0.25, -0.2) is 4.98 Å². The molecule has 28 heavy (non-hydrogen) atoms. The number of carbonyl (C=O) groups is 1. The summed E-state index contributed by atoms with van der Waals surface area (Å²) in [5.41, 5.74) is -0.256. The van der Waals surface area contributed by atoms with Crippen LogP contribution < -0.4 is 24.7 Å². The summed E-state index contributed by atoms with van der Waals surface area (Å²) in [6.45, 7) is 4.58. The van der Waals surface area contributed by atoms with Crippen LogP contribution in [0.15, 0.2) is 36.5 Å². The number of halogens is 3. The largest absolute Gasteiger partial charge is 0.490 e. The van der Waals surface area contributed by atoms with E-state index in [9.17, 15) is 18.0 Å². The maximum absolute atomic E-state index is 12.6. The molecule has 0 saturated carbocycles. The van der Waals surface area contributed by atoms with Gasteiger partial charge in [-0.1, -0.05) is 0 Å². The van der Waals surface area contributed by atoms with Crippen LogP contribution in [0.4, 0.5) is 24.7 Å². The van der Waals surface area contributed by atoms with E-state index in [4.69, 9.17) is 9.47 Å². The van der Waals surface area contributed by atoms with Gasteiger partial charge in [-0.15, -0.1) is 0 Å². The van der Waals surface area contributed by atoms with Crippen molar-refractivity contribution in [3.8, 4) is 11.5 Å². The standard InChI is InChI=1S/C19H22F3N3O3/c1-4-27-15-8-7-14(10-16(15)28-5-2)24-18(26)12-25(3)17-9-6-13(11-23-17)19(20,21)22/h6-11H,4-5,12H2,1-3H3,(H,24,26)/p+1. The molecule has 9 heteroatoms. The molecule has 2 aromatic rings. The van der Waals surface area contributed by atoms with Crippen molar-refractivity contribution in [2.24, 2.45) is 0 Å². The zero-order valence-corrected chi connectivity index (χ0v) is 15.9. The summed E-state index contributed by atoms with van der Waals surface area (Å²) in [5.74, 6) is 1.15. The van der Waals surface area contributed by atoms with E-state index in [-0.39, 0.29) is 12.5 Å². The average Bonchev–Trinajstić information content (AvgIpc) is 2.63. The minimum Gasteiger partial charge on any atom is -0.490 e. The SMILES string of the molecule is CCOc1ccc(NC(=O)CN(C)c2ccc(C(F)(F)F)c[nH+]2)cc1OCC. The lowest BCUT2D eigenvalue weighted by Crippen LogP contribution is -2.33. The number of hydrogen-bond donors (Lipinski definition) is 1. The van der Waals surface area contributed by atoms with Crippen molar-refractivity contribution in [3.63, 3.8) is 0 Å². The van der Waals surface area contributed by atoms with Crippen LogP contribution in [-0.4, -0.2) is 32.7 Å². The van der Waals surface area contributed by atoms with Gasteiger partial charge in [-0.2, -0.15) is 13.2 Å². The number of ether oxygens (including phenoxy) is 2. The van der Waals surface area contributed by atoms with Crippen molar-refractivity contribution in [2.75, 3.05) is 37.0 Å². The van der Waals surface area contributed by atoms with E-state index in [0.29, 0.717) is 36.2 Å². The number of anilines is 2. The van der Waals surface area contributed by atoms with Crippen molar-refractivity contribution < 1.29 is 32.4 Å². The number of benzene rings is 1. The molecule has 0 aliphatic rings. The molecule has 6 nitrogen and oxygen atoms in total. The smallest absolute Gasteiger partial charge is 0.419 e. The summed E-state index contributed by atoms with van der Waals surface area (Å²) < 4.78 is 48.9. The van der Waals surface area contributed by atoms with Crippen molar-refractivity contribution in [2.45, 2.75) is 20.0 Å². The van der Waals surface area contributed by atoms with Gasteiger partial charge < -0.3 is 14.8 Å². The van der Waals surface area contributed by atoms with Gasteiger partial charge in [0.25, 0.3) is 11.7 Å². The zero-order valence-electron chi connectivity index (χ0n) is 15.9. The summed E-state index contributed by atoms with van der Waals surface area (Å²) in [6.07, 6.45) is -3.55. The van der Waals surface area contributed by atoms with Gasteiger partial charge in [0.05, 0.1) is 25.8 Å². The highest BCUT2D eigenvalue weighted by Crippen LogP contribution is 2.31. The Morgan fingerprint density at radius 3 is 2.36 bits per heavy atom. The third kappa shape index (κ3) is 5.77. The summed E-state index contributed by atoms with van der Waals surface area (Å²) in [4.78, 5) is 16.3. The molecule has 0 aliphatic carbocycles. The number of likely N-dealkylation sites (N-methyl/N-ethyl adjacent to an activating group) is 1. The lowest BCUT2D eigenvalue weighted by Gasteiger charge is -2.14. The quantitative estimate of drug-likeness (QED) is 0.740. The molecule has 1 heterocycles. The average molecular weight is 398 g/mol. The highest BCUT2D eigenvalue weighted by molar-refractivity contribution is 5.94. The van der Waals surface area contributed by atoms with Crippen LogP contribution in [0, 0.1) is 0 Å². The molecule has 0 fully saturated rings. The number of H-pyrrole nitrogens is 1. The number of pyridine rings is 1. The topological polar surface area (TPSA) is 64.9 Å². The number of alkyl halides is 3. The third-order valence-corrected chi connectivity index (χ3v) is 3.74. The monoisotopic (exact) mass is 398 g/mol. The second kappa shape index (κ2) is 9.29. The van der Waals surface area contributed by atoms with Crippen LogP contribution in [0.1, 0.15) is 19.4 Å². The number of nitrogens with zero attached hydrogens (tertiary/aromatic N) is 1. The van der Waals surface area contributed by atoms with Crippen LogP contribution >= 0.6 is 0 Å². The Morgan fingerprint density at radius 1 is 1.11 bits per heavy atom. The Labute approximate surface area is 161 Å². The molecule has 2 N–H and O–H groups in total. The van der Waals surface area contributed by atoms with Gasteiger partial charge in [0.1, 0.15) is 6.20 Å². The number of hydrogen-bond acceptors (Lipinski definition) is 4. The highest BCUT2D eigenvalue weighted by atomic mass is 19.4. The van der Waals surface area contributed by atoms with Gasteiger partial charge in [0.2, 0.25) is 0 Å². The second-order valence-corrected chi connectivity index (χ2v) is 5.89.